The van der Waals surface area contributed by atoms with Gasteiger partial charge in [0.1, 0.15) is 12.1 Å². The Hall–Kier alpha value is -2.59. The quantitative estimate of drug-likeness (QED) is 0.796. The first-order valence-corrected chi connectivity index (χ1v) is 5.24. The standard InChI is InChI=1S/C13H10N4/c14-8-12-13(9-15)17(10-16-12)7-6-11-4-2-1-3-5-11/h1-5,10H,6-7H2. The van der Waals surface area contributed by atoms with Crippen molar-refractivity contribution in [1.82, 2.24) is 9.55 Å². The minimum atomic E-state index is 0.195. The van der Waals surface area contributed by atoms with E-state index in [0.717, 1.165) is 6.42 Å². The van der Waals surface area contributed by atoms with Crippen molar-refractivity contribution in [1.29, 1.82) is 10.5 Å². The van der Waals surface area contributed by atoms with Crippen LogP contribution >= 0.6 is 0 Å². The van der Waals surface area contributed by atoms with Gasteiger partial charge in [-0.2, -0.15) is 10.5 Å². The molecule has 4 heteroatoms. The summed E-state index contributed by atoms with van der Waals surface area (Å²) >= 11 is 0. The first-order chi connectivity index (χ1) is 8.35. The molecule has 0 spiro atoms. The van der Waals surface area contributed by atoms with Crippen LogP contribution in [0.1, 0.15) is 17.0 Å². The van der Waals surface area contributed by atoms with Crippen LogP contribution in [-0.2, 0) is 13.0 Å². The normalized spacial score (nSPS) is 9.53. The van der Waals surface area contributed by atoms with E-state index in [-0.39, 0.29) is 5.69 Å². The Morgan fingerprint density at radius 1 is 1.12 bits per heavy atom. The Bertz CT molecular complexity index is 584. The van der Waals surface area contributed by atoms with Crippen LogP contribution in [0.3, 0.4) is 0 Å². The highest BCUT2D eigenvalue weighted by atomic mass is 15.1. The third-order valence-corrected chi connectivity index (χ3v) is 2.53. The minimum Gasteiger partial charge on any atom is -0.321 e. The van der Waals surface area contributed by atoms with Crippen LogP contribution < -0.4 is 0 Å². The van der Waals surface area contributed by atoms with Crippen LogP contribution in [0.25, 0.3) is 0 Å². The van der Waals surface area contributed by atoms with E-state index in [0.29, 0.717) is 12.2 Å². The number of hydrogen-bond donors (Lipinski definition) is 0. The predicted octanol–water partition coefficient (Wildman–Crippen LogP) is 1.87. The fourth-order valence-corrected chi connectivity index (χ4v) is 1.65. The van der Waals surface area contributed by atoms with E-state index in [4.69, 9.17) is 10.5 Å². The molecule has 0 aliphatic heterocycles. The number of aryl methyl sites for hydroxylation is 2. The molecule has 17 heavy (non-hydrogen) atoms. The zero-order valence-corrected chi connectivity index (χ0v) is 9.17. The van der Waals surface area contributed by atoms with Crippen molar-refractivity contribution in [3.8, 4) is 12.1 Å². The van der Waals surface area contributed by atoms with E-state index < -0.39 is 0 Å². The lowest BCUT2D eigenvalue weighted by Crippen LogP contribution is -2.02. The van der Waals surface area contributed by atoms with Gasteiger partial charge in [0.25, 0.3) is 0 Å². The molecule has 0 fully saturated rings. The van der Waals surface area contributed by atoms with Crippen molar-refractivity contribution in [3.05, 3.63) is 53.6 Å². The van der Waals surface area contributed by atoms with Crippen LogP contribution in [0, 0.1) is 22.7 Å². The second-order valence-corrected chi connectivity index (χ2v) is 3.59. The van der Waals surface area contributed by atoms with Crippen LogP contribution in [0.4, 0.5) is 0 Å². The molecule has 0 N–H and O–H groups in total. The maximum Gasteiger partial charge on any atom is 0.176 e. The SMILES string of the molecule is N#Cc1ncn(CCc2ccccc2)c1C#N. The summed E-state index contributed by atoms with van der Waals surface area (Å²) in [6, 6.07) is 13.9. The van der Waals surface area contributed by atoms with Crippen molar-refractivity contribution in [3.63, 3.8) is 0 Å². The van der Waals surface area contributed by atoms with Gasteiger partial charge in [-0.25, -0.2) is 4.98 Å². The number of benzene rings is 1. The van der Waals surface area contributed by atoms with Gasteiger partial charge in [0.2, 0.25) is 0 Å². The molecule has 4 nitrogen and oxygen atoms in total. The van der Waals surface area contributed by atoms with Crippen LogP contribution in [0.2, 0.25) is 0 Å². The van der Waals surface area contributed by atoms with Gasteiger partial charge in [0.15, 0.2) is 11.4 Å². The summed E-state index contributed by atoms with van der Waals surface area (Å²) in [5, 5.41) is 17.7. The highest BCUT2D eigenvalue weighted by molar-refractivity contribution is 5.36. The summed E-state index contributed by atoms with van der Waals surface area (Å²) in [4.78, 5) is 3.90. The Labute approximate surface area is 99.4 Å². The topological polar surface area (TPSA) is 65.4 Å². The van der Waals surface area contributed by atoms with Crippen LogP contribution in [0.5, 0.6) is 0 Å². The van der Waals surface area contributed by atoms with Crippen molar-refractivity contribution in [2.24, 2.45) is 0 Å². The zero-order chi connectivity index (χ0) is 12.1. The van der Waals surface area contributed by atoms with E-state index in [1.54, 1.807) is 10.9 Å². The summed E-state index contributed by atoms with van der Waals surface area (Å²) < 4.78 is 1.71. The molecule has 0 saturated carbocycles. The molecule has 2 aromatic rings. The van der Waals surface area contributed by atoms with Crippen LogP contribution in [-0.4, -0.2) is 9.55 Å². The molecule has 0 atom stereocenters. The number of nitriles is 2. The number of rotatable bonds is 3. The second-order valence-electron chi connectivity index (χ2n) is 3.59. The van der Waals surface area contributed by atoms with Crippen molar-refractivity contribution >= 4 is 0 Å². The maximum atomic E-state index is 8.95. The van der Waals surface area contributed by atoms with Crippen molar-refractivity contribution in [2.75, 3.05) is 0 Å². The highest BCUT2D eigenvalue weighted by Gasteiger charge is 2.09. The average Bonchev–Trinajstić information content (AvgIpc) is 2.79. The summed E-state index contributed by atoms with van der Waals surface area (Å²) in [7, 11) is 0. The predicted molar refractivity (Wildman–Crippen MR) is 61.8 cm³/mol. The lowest BCUT2D eigenvalue weighted by molar-refractivity contribution is 0.688. The molecule has 1 aromatic heterocycles. The average molecular weight is 222 g/mol. The van der Waals surface area contributed by atoms with E-state index in [2.05, 4.69) is 4.98 Å². The van der Waals surface area contributed by atoms with E-state index in [9.17, 15) is 0 Å². The fraction of sp³-hybridized carbons (Fsp3) is 0.154. The molecule has 0 unspecified atom stereocenters. The molecule has 0 amide bonds. The van der Waals surface area contributed by atoms with Crippen molar-refractivity contribution in [2.45, 2.75) is 13.0 Å². The Morgan fingerprint density at radius 3 is 2.53 bits per heavy atom. The Balaban J connectivity index is 2.13. The molecule has 2 rings (SSSR count). The number of imidazole rings is 1. The third-order valence-electron chi connectivity index (χ3n) is 2.53. The molecule has 1 aromatic carbocycles. The molecule has 82 valence electrons. The molecule has 0 bridgehead atoms. The van der Waals surface area contributed by atoms with E-state index in [1.165, 1.54) is 5.56 Å². The lowest BCUT2D eigenvalue weighted by Gasteiger charge is -2.03. The number of aromatic nitrogens is 2. The summed E-state index contributed by atoms with van der Waals surface area (Å²) in [6.45, 7) is 0.654. The van der Waals surface area contributed by atoms with Gasteiger partial charge in [-0.05, 0) is 12.0 Å². The van der Waals surface area contributed by atoms with Gasteiger partial charge in [-0.15, -0.1) is 0 Å². The Morgan fingerprint density at radius 2 is 1.88 bits per heavy atom. The monoisotopic (exact) mass is 222 g/mol. The molecule has 0 saturated heterocycles. The number of hydrogen-bond acceptors (Lipinski definition) is 3. The highest BCUT2D eigenvalue weighted by Crippen LogP contribution is 2.07. The first kappa shape index (κ1) is 10.9. The fourth-order valence-electron chi connectivity index (χ4n) is 1.65. The Kier molecular flexibility index (Phi) is 3.18. The van der Waals surface area contributed by atoms with Crippen LogP contribution in [0.15, 0.2) is 36.7 Å². The van der Waals surface area contributed by atoms with Gasteiger partial charge in [-0.3, -0.25) is 0 Å². The second kappa shape index (κ2) is 4.96. The van der Waals surface area contributed by atoms with Gasteiger partial charge < -0.3 is 4.57 Å². The van der Waals surface area contributed by atoms with E-state index >= 15 is 0 Å². The molecular formula is C13H10N4. The maximum absolute atomic E-state index is 8.95. The largest absolute Gasteiger partial charge is 0.321 e. The first-order valence-electron chi connectivity index (χ1n) is 5.24. The third kappa shape index (κ3) is 2.32. The smallest absolute Gasteiger partial charge is 0.176 e. The molecule has 0 radical (unpaired) electrons. The summed E-state index contributed by atoms with van der Waals surface area (Å²) in [5.74, 6) is 0. The van der Waals surface area contributed by atoms with Gasteiger partial charge in [-0.1, -0.05) is 30.3 Å². The van der Waals surface area contributed by atoms with Gasteiger partial charge in [0.05, 0.1) is 6.33 Å². The zero-order valence-electron chi connectivity index (χ0n) is 9.17. The molecule has 1 heterocycles. The lowest BCUT2D eigenvalue weighted by atomic mass is 10.1. The number of nitrogens with zero attached hydrogens (tertiary/aromatic N) is 4. The molecule has 0 aliphatic rings. The van der Waals surface area contributed by atoms with Crippen molar-refractivity contribution < 1.29 is 0 Å². The van der Waals surface area contributed by atoms with Gasteiger partial charge >= 0.3 is 0 Å². The molecule has 0 aliphatic carbocycles. The minimum absolute atomic E-state index is 0.195. The summed E-state index contributed by atoms with van der Waals surface area (Å²) in [5.41, 5.74) is 1.73. The van der Waals surface area contributed by atoms with Gasteiger partial charge in [0, 0.05) is 6.54 Å². The molecular weight excluding hydrogens is 212 g/mol. The summed E-state index contributed by atoms with van der Waals surface area (Å²) in [6.07, 6.45) is 2.36. The van der Waals surface area contributed by atoms with E-state index in [1.807, 2.05) is 42.5 Å².